The van der Waals surface area contributed by atoms with Crippen LogP contribution in [0.4, 0.5) is 5.69 Å². The zero-order valence-corrected chi connectivity index (χ0v) is 16.6. The van der Waals surface area contributed by atoms with Crippen LogP contribution in [0, 0.1) is 11.3 Å². The highest BCUT2D eigenvalue weighted by molar-refractivity contribution is 7.89. The van der Waals surface area contributed by atoms with Crippen LogP contribution in [0.2, 0.25) is 5.02 Å². The molecule has 2 aromatic carbocycles. The van der Waals surface area contributed by atoms with E-state index >= 15 is 0 Å². The van der Waals surface area contributed by atoms with Crippen molar-refractivity contribution in [1.82, 2.24) is 9.62 Å². The summed E-state index contributed by atoms with van der Waals surface area (Å²) in [6.45, 7) is 1.90. The van der Waals surface area contributed by atoms with E-state index in [1.807, 2.05) is 24.3 Å². The second-order valence-electron chi connectivity index (χ2n) is 6.28. The number of piperazine rings is 1. The van der Waals surface area contributed by atoms with Gasteiger partial charge in [-0.05, 0) is 30.3 Å². The molecule has 0 radical (unpaired) electrons. The highest BCUT2D eigenvalue weighted by atomic mass is 35.5. The zero-order valence-electron chi connectivity index (χ0n) is 15.0. The molecule has 9 heteroatoms. The predicted octanol–water partition coefficient (Wildman–Crippen LogP) is 1.84. The molecule has 0 spiro atoms. The summed E-state index contributed by atoms with van der Waals surface area (Å²) in [6, 6.07) is 15.3. The van der Waals surface area contributed by atoms with Gasteiger partial charge in [-0.2, -0.15) is 5.26 Å². The van der Waals surface area contributed by atoms with Gasteiger partial charge in [-0.25, -0.2) is 13.1 Å². The molecule has 0 aromatic heterocycles. The molecule has 2 aromatic rings. The quantitative estimate of drug-likeness (QED) is 0.799. The number of halogens is 1. The van der Waals surface area contributed by atoms with Crippen LogP contribution in [0.3, 0.4) is 0 Å². The highest BCUT2D eigenvalue weighted by Gasteiger charge is 2.24. The molecule has 0 bridgehead atoms. The van der Waals surface area contributed by atoms with Gasteiger partial charge in [-0.15, -0.1) is 0 Å². The molecule has 1 heterocycles. The third kappa shape index (κ3) is 4.62. The predicted molar refractivity (Wildman–Crippen MR) is 107 cm³/mol. The number of anilines is 1. The Hall–Kier alpha value is -2.60. The van der Waals surface area contributed by atoms with Crippen molar-refractivity contribution in [2.45, 2.75) is 4.90 Å². The van der Waals surface area contributed by atoms with Crippen LogP contribution in [0.15, 0.2) is 53.4 Å². The fraction of sp³-hybridized carbons (Fsp3) is 0.263. The minimum absolute atomic E-state index is 0.0394. The zero-order chi connectivity index (χ0) is 20.1. The monoisotopic (exact) mass is 418 g/mol. The first-order valence-electron chi connectivity index (χ1n) is 8.68. The van der Waals surface area contributed by atoms with Gasteiger partial charge in [0.25, 0.3) is 0 Å². The second-order valence-corrected chi connectivity index (χ2v) is 8.45. The van der Waals surface area contributed by atoms with Gasteiger partial charge in [-0.3, -0.25) is 4.79 Å². The summed E-state index contributed by atoms with van der Waals surface area (Å²) in [4.78, 5) is 16.0. The number of nitriles is 1. The first kappa shape index (κ1) is 20.1. The Morgan fingerprint density at radius 1 is 1.11 bits per heavy atom. The molecule has 0 unspecified atom stereocenters. The van der Waals surface area contributed by atoms with Crippen molar-refractivity contribution in [3.8, 4) is 6.07 Å². The van der Waals surface area contributed by atoms with Gasteiger partial charge < -0.3 is 9.80 Å². The van der Waals surface area contributed by atoms with E-state index in [1.54, 1.807) is 17.0 Å². The third-order valence-corrected chi connectivity index (χ3v) is 6.21. The van der Waals surface area contributed by atoms with Gasteiger partial charge in [0.05, 0.1) is 17.0 Å². The van der Waals surface area contributed by atoms with Gasteiger partial charge in [0.2, 0.25) is 15.9 Å². The van der Waals surface area contributed by atoms with E-state index < -0.39 is 10.0 Å². The topological polar surface area (TPSA) is 93.5 Å². The summed E-state index contributed by atoms with van der Waals surface area (Å²) in [5.74, 6) is -0.302. The Morgan fingerprint density at radius 2 is 1.82 bits per heavy atom. The van der Waals surface area contributed by atoms with Crippen molar-refractivity contribution in [2.75, 3.05) is 37.6 Å². The van der Waals surface area contributed by atoms with E-state index in [0.29, 0.717) is 31.2 Å². The number of rotatable bonds is 5. The number of sulfonamides is 1. The van der Waals surface area contributed by atoms with Crippen molar-refractivity contribution in [1.29, 1.82) is 5.26 Å². The van der Waals surface area contributed by atoms with Crippen LogP contribution in [0.1, 0.15) is 5.56 Å². The summed E-state index contributed by atoms with van der Waals surface area (Å²) in [5, 5.41) is 9.72. The van der Waals surface area contributed by atoms with E-state index in [1.165, 1.54) is 18.2 Å². The molecule has 146 valence electrons. The summed E-state index contributed by atoms with van der Waals surface area (Å²) in [7, 11) is -3.94. The van der Waals surface area contributed by atoms with Crippen LogP contribution in [0.25, 0.3) is 0 Å². The SMILES string of the molecule is N#Cc1ccccc1S(=O)(=O)NCC(=O)N1CCN(c2cccc(Cl)c2)CC1. The Bertz CT molecular complexity index is 1010. The maximum Gasteiger partial charge on any atom is 0.242 e. The minimum Gasteiger partial charge on any atom is -0.368 e. The van der Waals surface area contributed by atoms with E-state index in [9.17, 15) is 13.2 Å². The maximum absolute atomic E-state index is 12.4. The minimum atomic E-state index is -3.94. The lowest BCUT2D eigenvalue weighted by atomic mass is 10.2. The van der Waals surface area contributed by atoms with Crippen LogP contribution in [-0.2, 0) is 14.8 Å². The Morgan fingerprint density at radius 3 is 2.50 bits per heavy atom. The third-order valence-electron chi connectivity index (χ3n) is 4.52. The van der Waals surface area contributed by atoms with E-state index in [-0.39, 0.29) is 22.9 Å². The molecular formula is C19H19ClN4O3S. The number of carbonyl (C=O) groups excluding carboxylic acids is 1. The molecule has 3 rings (SSSR count). The summed E-state index contributed by atoms with van der Waals surface area (Å²) < 4.78 is 27.1. The number of carbonyl (C=O) groups is 1. The lowest BCUT2D eigenvalue weighted by Gasteiger charge is -2.36. The molecule has 1 saturated heterocycles. The molecule has 28 heavy (non-hydrogen) atoms. The van der Waals surface area contributed by atoms with E-state index in [4.69, 9.17) is 16.9 Å². The van der Waals surface area contributed by atoms with Crippen LogP contribution in [-0.4, -0.2) is 51.9 Å². The average molecular weight is 419 g/mol. The molecule has 0 aliphatic carbocycles. The fourth-order valence-corrected chi connectivity index (χ4v) is 4.34. The van der Waals surface area contributed by atoms with Gasteiger partial charge in [0, 0.05) is 36.9 Å². The Balaban J connectivity index is 1.57. The molecule has 1 amide bonds. The molecular weight excluding hydrogens is 400 g/mol. The number of hydrogen-bond acceptors (Lipinski definition) is 5. The first-order valence-corrected chi connectivity index (χ1v) is 10.5. The van der Waals surface area contributed by atoms with Gasteiger partial charge in [0.15, 0.2) is 0 Å². The number of amides is 1. The summed E-state index contributed by atoms with van der Waals surface area (Å²) >= 11 is 6.02. The first-order chi connectivity index (χ1) is 13.4. The average Bonchev–Trinajstić information content (AvgIpc) is 2.72. The fourth-order valence-electron chi connectivity index (χ4n) is 3.03. The van der Waals surface area contributed by atoms with E-state index in [2.05, 4.69) is 9.62 Å². The largest absolute Gasteiger partial charge is 0.368 e. The Kier molecular flexibility index (Phi) is 6.19. The molecule has 7 nitrogen and oxygen atoms in total. The highest BCUT2D eigenvalue weighted by Crippen LogP contribution is 2.21. The molecule has 0 saturated carbocycles. The van der Waals surface area contributed by atoms with Crippen molar-refractivity contribution < 1.29 is 13.2 Å². The number of hydrogen-bond donors (Lipinski definition) is 1. The smallest absolute Gasteiger partial charge is 0.242 e. The van der Waals surface area contributed by atoms with Crippen molar-refractivity contribution >= 4 is 33.2 Å². The van der Waals surface area contributed by atoms with E-state index in [0.717, 1.165) is 5.69 Å². The standard InChI is InChI=1S/C19H19ClN4O3S/c20-16-5-3-6-17(12-16)23-8-10-24(11-9-23)19(25)14-22-28(26,27)18-7-2-1-4-15(18)13-21/h1-7,12,22H,8-11,14H2. The van der Waals surface area contributed by atoms with Crippen molar-refractivity contribution in [3.63, 3.8) is 0 Å². The second kappa shape index (κ2) is 8.61. The van der Waals surface area contributed by atoms with Crippen LogP contribution in [0.5, 0.6) is 0 Å². The maximum atomic E-state index is 12.4. The van der Waals surface area contributed by atoms with Gasteiger partial charge in [0.1, 0.15) is 6.07 Å². The number of nitrogens with zero attached hydrogens (tertiary/aromatic N) is 3. The normalized spacial score (nSPS) is 14.6. The summed E-state index contributed by atoms with van der Waals surface area (Å²) in [6.07, 6.45) is 0. The summed E-state index contributed by atoms with van der Waals surface area (Å²) in [5.41, 5.74) is 1.03. The van der Waals surface area contributed by atoms with Gasteiger partial charge >= 0.3 is 0 Å². The van der Waals surface area contributed by atoms with Crippen molar-refractivity contribution in [3.05, 3.63) is 59.1 Å². The lowest BCUT2D eigenvalue weighted by Crippen LogP contribution is -2.51. The van der Waals surface area contributed by atoms with Crippen molar-refractivity contribution in [2.24, 2.45) is 0 Å². The number of nitrogens with one attached hydrogen (secondary N) is 1. The molecule has 0 atom stereocenters. The van der Waals surface area contributed by atoms with Crippen LogP contribution < -0.4 is 9.62 Å². The molecule has 1 fully saturated rings. The molecule has 1 aliphatic heterocycles. The molecule has 1 aliphatic rings. The molecule has 1 N–H and O–H groups in total. The van der Waals surface area contributed by atoms with Gasteiger partial charge in [-0.1, -0.05) is 29.8 Å². The van der Waals surface area contributed by atoms with Crippen LogP contribution >= 0.6 is 11.6 Å². The Labute approximate surface area is 169 Å². The number of benzene rings is 2. The lowest BCUT2D eigenvalue weighted by molar-refractivity contribution is -0.130.